The quantitative estimate of drug-likeness (QED) is 0.177. The van der Waals surface area contributed by atoms with Gasteiger partial charge in [0, 0.05) is 18.9 Å². The van der Waals surface area contributed by atoms with E-state index in [1.807, 2.05) is 0 Å². The van der Waals surface area contributed by atoms with Crippen LogP contribution in [-0.4, -0.2) is 35.6 Å². The van der Waals surface area contributed by atoms with Crippen molar-refractivity contribution in [3.8, 4) is 0 Å². The highest BCUT2D eigenvalue weighted by molar-refractivity contribution is 7.47. The molecule has 4 aliphatic rings. The van der Waals surface area contributed by atoms with Crippen LogP contribution in [0.2, 0.25) is 0 Å². The molecule has 0 aromatic carbocycles. The van der Waals surface area contributed by atoms with Crippen LogP contribution in [0.15, 0.2) is 12.2 Å². The molecular weight excluding hydrogens is 451 g/mol. The Kier molecular flexibility index (Phi) is 7.21. The maximum Gasteiger partial charge on any atom is 0.472 e. The maximum absolute atomic E-state index is 12.3. The Hall–Kier alpha value is -0.720. The fourth-order valence-electron chi connectivity index (χ4n) is 8.92. The van der Waals surface area contributed by atoms with Crippen molar-refractivity contribution in [2.75, 3.05) is 13.2 Å². The second-order valence-corrected chi connectivity index (χ2v) is 13.4. The lowest BCUT2D eigenvalue weighted by molar-refractivity contribution is -0.145. The summed E-state index contributed by atoms with van der Waals surface area (Å²) in [5.41, 5.74) is 6.28. The molecule has 4 aliphatic carbocycles. The number of nitrogens with two attached hydrogens (primary N) is 1. The first-order valence-electron chi connectivity index (χ1n) is 13.1. The van der Waals surface area contributed by atoms with Gasteiger partial charge in [0.15, 0.2) is 5.90 Å². The van der Waals surface area contributed by atoms with Gasteiger partial charge in [-0.3, -0.25) is 14.5 Å². The van der Waals surface area contributed by atoms with Crippen molar-refractivity contribution < 1.29 is 23.2 Å². The number of fused-ring (bicyclic) bond motifs is 5. The molecule has 0 aromatic rings. The average Bonchev–Trinajstić information content (AvgIpc) is 3.05. The Morgan fingerprint density at radius 2 is 1.82 bits per heavy atom. The molecule has 0 amide bonds. The summed E-state index contributed by atoms with van der Waals surface area (Å²) in [6, 6.07) is 0. The summed E-state index contributed by atoms with van der Waals surface area (Å²) >= 11 is 0. The molecule has 0 heterocycles. The van der Waals surface area contributed by atoms with Gasteiger partial charge in [-0.05, 0) is 99.4 Å². The van der Waals surface area contributed by atoms with Crippen molar-refractivity contribution in [1.29, 1.82) is 5.41 Å². The highest BCUT2D eigenvalue weighted by Gasteiger charge is 2.66. The zero-order chi connectivity index (χ0) is 24.9. The van der Waals surface area contributed by atoms with Gasteiger partial charge in [-0.25, -0.2) is 4.57 Å². The average molecular weight is 497 g/mol. The molecule has 0 saturated heterocycles. The highest BCUT2D eigenvalue weighted by atomic mass is 31.2. The Balaban J connectivity index is 1.50. The van der Waals surface area contributed by atoms with Gasteiger partial charge < -0.3 is 15.4 Å². The van der Waals surface area contributed by atoms with E-state index in [4.69, 9.17) is 24.9 Å². The van der Waals surface area contributed by atoms with Gasteiger partial charge in [0.25, 0.3) is 0 Å². The second-order valence-electron chi connectivity index (χ2n) is 12.0. The van der Waals surface area contributed by atoms with E-state index in [0.717, 1.165) is 50.5 Å². The number of phosphoric ester groups is 1. The van der Waals surface area contributed by atoms with Crippen molar-refractivity contribution in [2.24, 2.45) is 40.2 Å². The van der Waals surface area contributed by atoms with Crippen LogP contribution in [0, 0.1) is 39.9 Å². The molecule has 4 saturated carbocycles. The minimum Gasteiger partial charge on any atom is -0.470 e. The van der Waals surface area contributed by atoms with Crippen molar-refractivity contribution in [3.05, 3.63) is 12.2 Å². The number of ether oxygens (including phenoxy) is 1. The van der Waals surface area contributed by atoms with Crippen LogP contribution in [0.25, 0.3) is 0 Å². The van der Waals surface area contributed by atoms with E-state index >= 15 is 0 Å². The molecule has 0 aromatic heterocycles. The van der Waals surface area contributed by atoms with Gasteiger partial charge in [-0.15, -0.1) is 0 Å². The van der Waals surface area contributed by atoms with Gasteiger partial charge in [0.1, 0.15) is 5.60 Å². The minimum atomic E-state index is -4.05. The SMILES string of the molecule is C=C(C)[C@@]1(OC(C)=N)CC[C@H]2C3CC[C@@H]4CC(OP(=O)(O)OCCN)CC[C@]4(C)[C@H]3CC[C@@]21C. The summed E-state index contributed by atoms with van der Waals surface area (Å²) in [7, 11) is -4.05. The number of nitrogens with one attached hydrogen (secondary N) is 1. The zero-order valence-electron chi connectivity index (χ0n) is 21.5. The molecule has 4 N–H and O–H groups in total. The summed E-state index contributed by atoms with van der Waals surface area (Å²) in [5.74, 6) is 2.68. The number of hydrogen-bond acceptors (Lipinski definition) is 6. The van der Waals surface area contributed by atoms with Crippen LogP contribution in [0.5, 0.6) is 0 Å². The molecule has 9 atom stereocenters. The molecule has 4 rings (SSSR count). The van der Waals surface area contributed by atoms with Crippen molar-refractivity contribution >= 4 is 13.7 Å². The summed E-state index contributed by atoms with van der Waals surface area (Å²) in [4.78, 5) is 10.1. The lowest BCUT2D eigenvalue weighted by Gasteiger charge is -2.62. The van der Waals surface area contributed by atoms with Crippen LogP contribution < -0.4 is 5.73 Å². The molecule has 0 aliphatic heterocycles. The summed E-state index contributed by atoms with van der Waals surface area (Å²) in [5, 5.41) is 8.09. The molecule has 0 radical (unpaired) electrons. The number of rotatable bonds is 7. The standard InChI is InChI=1S/C26H45N2O5P/c1-17(2)26(32-18(3)28)13-10-23-21-7-6-19-16-20(33-34(29,30)31-15-14-27)8-11-24(19,4)22(21)9-12-25(23,26)5/h19-23,28H,1,6-16,27H2,2-5H3,(H,29,30)/t19-,20?,21?,22+,23+,24+,25+,26+/m1/s1. The number of phosphoric acid groups is 1. The number of hydrogen-bond donors (Lipinski definition) is 3. The van der Waals surface area contributed by atoms with E-state index < -0.39 is 13.4 Å². The van der Waals surface area contributed by atoms with Crippen LogP contribution in [-0.2, 0) is 18.3 Å². The van der Waals surface area contributed by atoms with Gasteiger partial charge in [-0.1, -0.05) is 20.4 Å². The third-order valence-corrected chi connectivity index (χ3v) is 11.5. The Labute approximate surface area is 205 Å². The van der Waals surface area contributed by atoms with Crippen LogP contribution in [0.1, 0.15) is 85.5 Å². The molecule has 3 unspecified atom stereocenters. The Morgan fingerprint density at radius 3 is 2.47 bits per heavy atom. The monoisotopic (exact) mass is 496 g/mol. The molecule has 34 heavy (non-hydrogen) atoms. The topological polar surface area (TPSA) is 115 Å². The zero-order valence-corrected chi connectivity index (χ0v) is 22.4. The van der Waals surface area contributed by atoms with Crippen molar-refractivity contribution in [1.82, 2.24) is 0 Å². The fourth-order valence-corrected chi connectivity index (χ4v) is 9.88. The molecular formula is C26H45N2O5P. The van der Waals surface area contributed by atoms with Gasteiger partial charge in [0.2, 0.25) is 0 Å². The van der Waals surface area contributed by atoms with Crippen molar-refractivity contribution in [2.45, 2.75) is 97.2 Å². The van der Waals surface area contributed by atoms with E-state index in [-0.39, 0.29) is 36.0 Å². The van der Waals surface area contributed by atoms with E-state index in [2.05, 4.69) is 27.4 Å². The Bertz CT molecular complexity index is 866. The predicted octanol–water partition coefficient (Wildman–Crippen LogP) is 5.82. The van der Waals surface area contributed by atoms with E-state index in [1.54, 1.807) is 6.92 Å². The molecule has 4 fully saturated rings. The molecule has 7 nitrogen and oxygen atoms in total. The molecule has 0 spiro atoms. The third kappa shape index (κ3) is 4.24. The van der Waals surface area contributed by atoms with Crippen LogP contribution in [0.3, 0.4) is 0 Å². The fraction of sp³-hybridized carbons (Fsp3) is 0.885. The lowest BCUT2D eigenvalue weighted by Crippen LogP contribution is -2.58. The maximum atomic E-state index is 12.3. The molecule has 0 bridgehead atoms. The predicted molar refractivity (Wildman–Crippen MR) is 133 cm³/mol. The van der Waals surface area contributed by atoms with Gasteiger partial charge in [0.05, 0.1) is 12.7 Å². The smallest absolute Gasteiger partial charge is 0.470 e. The van der Waals surface area contributed by atoms with Gasteiger partial charge in [-0.2, -0.15) is 0 Å². The van der Waals surface area contributed by atoms with Crippen LogP contribution >= 0.6 is 7.82 Å². The third-order valence-electron chi connectivity index (χ3n) is 10.4. The summed E-state index contributed by atoms with van der Waals surface area (Å²) < 4.78 is 29.2. The van der Waals surface area contributed by atoms with E-state index in [1.165, 1.54) is 12.8 Å². The second kappa shape index (κ2) is 9.30. The first-order chi connectivity index (χ1) is 15.9. The van der Waals surface area contributed by atoms with Crippen molar-refractivity contribution in [3.63, 3.8) is 0 Å². The summed E-state index contributed by atoms with van der Waals surface area (Å²) in [6.45, 7) is 13.3. The first kappa shape index (κ1) is 26.3. The normalized spacial score (nSPS) is 45.4. The van der Waals surface area contributed by atoms with E-state index in [9.17, 15) is 9.46 Å². The van der Waals surface area contributed by atoms with E-state index in [0.29, 0.717) is 23.7 Å². The van der Waals surface area contributed by atoms with Gasteiger partial charge >= 0.3 is 7.82 Å². The van der Waals surface area contributed by atoms with Crippen LogP contribution in [0.4, 0.5) is 0 Å². The Morgan fingerprint density at radius 1 is 1.12 bits per heavy atom. The largest absolute Gasteiger partial charge is 0.472 e. The highest BCUT2D eigenvalue weighted by Crippen LogP contribution is 2.70. The molecule has 194 valence electrons. The minimum absolute atomic E-state index is 0.00960. The molecule has 8 heteroatoms. The summed E-state index contributed by atoms with van der Waals surface area (Å²) in [6.07, 6.45) is 9.08. The first-order valence-corrected chi connectivity index (χ1v) is 14.6. The lowest BCUT2D eigenvalue weighted by atomic mass is 9.44.